The van der Waals surface area contributed by atoms with Gasteiger partial charge in [0, 0.05) is 13.1 Å². The highest BCUT2D eigenvalue weighted by molar-refractivity contribution is 7.89. The molecule has 1 aromatic carbocycles. The predicted molar refractivity (Wildman–Crippen MR) is 103 cm³/mol. The van der Waals surface area contributed by atoms with Gasteiger partial charge < -0.3 is 5.32 Å². The van der Waals surface area contributed by atoms with Crippen molar-refractivity contribution in [3.63, 3.8) is 0 Å². The van der Waals surface area contributed by atoms with Gasteiger partial charge in [-0.2, -0.15) is 4.31 Å². The van der Waals surface area contributed by atoms with Crippen LogP contribution in [0.25, 0.3) is 0 Å². The van der Waals surface area contributed by atoms with Crippen LogP contribution in [0.5, 0.6) is 0 Å². The summed E-state index contributed by atoms with van der Waals surface area (Å²) in [5, 5.41) is 3.12. The molecule has 2 heterocycles. The van der Waals surface area contributed by atoms with Gasteiger partial charge in [-0.1, -0.05) is 18.5 Å². The monoisotopic (exact) mass is 399 g/mol. The number of hydrogen-bond donors (Lipinski definition) is 1. The molecule has 144 valence electrons. The van der Waals surface area contributed by atoms with Crippen molar-refractivity contribution in [2.75, 3.05) is 38.0 Å². The molecule has 1 N–H and O–H groups in total. The normalized spacial score (nSPS) is 20.4. The highest BCUT2D eigenvalue weighted by Crippen LogP contribution is 2.28. The van der Waals surface area contributed by atoms with Crippen LogP contribution in [0.2, 0.25) is 5.02 Å². The summed E-state index contributed by atoms with van der Waals surface area (Å²) in [4.78, 5) is 14.7. The fraction of sp³-hybridized carbons (Fsp3) is 0.611. The molecule has 2 fully saturated rings. The van der Waals surface area contributed by atoms with Gasteiger partial charge in [0.25, 0.3) is 0 Å². The summed E-state index contributed by atoms with van der Waals surface area (Å²) in [6.07, 6.45) is 3.95. The molecule has 2 saturated heterocycles. The van der Waals surface area contributed by atoms with Gasteiger partial charge in [-0.25, -0.2) is 8.42 Å². The Hall–Kier alpha value is -1.15. The number of benzene rings is 1. The molecule has 0 unspecified atom stereocenters. The summed E-state index contributed by atoms with van der Waals surface area (Å²) in [5.41, 5.74) is 0.349. The van der Waals surface area contributed by atoms with Crippen LogP contribution in [0.4, 0.5) is 5.69 Å². The number of rotatable bonds is 5. The van der Waals surface area contributed by atoms with Crippen molar-refractivity contribution in [1.82, 2.24) is 9.21 Å². The molecule has 0 radical (unpaired) electrons. The van der Waals surface area contributed by atoms with Crippen molar-refractivity contribution in [2.24, 2.45) is 5.92 Å². The van der Waals surface area contributed by atoms with Gasteiger partial charge >= 0.3 is 0 Å². The molecule has 0 spiro atoms. The van der Waals surface area contributed by atoms with Gasteiger partial charge in [-0.05, 0) is 62.9 Å². The first kappa shape index (κ1) is 19.6. The molecule has 3 rings (SSSR count). The van der Waals surface area contributed by atoms with E-state index in [1.165, 1.54) is 22.5 Å². The first-order valence-electron chi connectivity index (χ1n) is 9.18. The maximum atomic E-state index is 12.7. The standard InChI is InChI=1S/C18H26ClN3O3S/c1-14-6-10-21(11-7-14)13-18(23)20-17-12-15(4-5-16(17)19)26(24,25)22-8-2-3-9-22/h4-5,12,14H,2-3,6-11,13H2,1H3,(H,20,23). The van der Waals surface area contributed by atoms with E-state index in [1.807, 2.05) is 0 Å². The van der Waals surface area contributed by atoms with Crippen molar-refractivity contribution in [3.05, 3.63) is 23.2 Å². The van der Waals surface area contributed by atoms with E-state index in [-0.39, 0.29) is 10.8 Å². The molecule has 26 heavy (non-hydrogen) atoms. The Morgan fingerprint density at radius 1 is 1.19 bits per heavy atom. The molecule has 2 aliphatic heterocycles. The number of carbonyl (C=O) groups is 1. The van der Waals surface area contributed by atoms with Crippen molar-refractivity contribution >= 4 is 33.2 Å². The van der Waals surface area contributed by atoms with E-state index in [4.69, 9.17) is 11.6 Å². The van der Waals surface area contributed by atoms with Crippen LogP contribution in [0.1, 0.15) is 32.6 Å². The minimum Gasteiger partial charge on any atom is -0.324 e. The molecule has 1 amide bonds. The van der Waals surface area contributed by atoms with Crippen LogP contribution in [-0.4, -0.2) is 56.3 Å². The van der Waals surface area contributed by atoms with Gasteiger partial charge in [-0.3, -0.25) is 9.69 Å². The lowest BCUT2D eigenvalue weighted by molar-refractivity contribution is -0.117. The summed E-state index contributed by atoms with van der Waals surface area (Å²) in [7, 11) is -3.53. The van der Waals surface area contributed by atoms with E-state index in [1.54, 1.807) is 0 Å². The lowest BCUT2D eigenvalue weighted by Crippen LogP contribution is -2.38. The minimum absolute atomic E-state index is 0.169. The largest absolute Gasteiger partial charge is 0.324 e. The molecule has 2 aliphatic rings. The second-order valence-corrected chi connectivity index (χ2v) is 9.60. The van der Waals surface area contributed by atoms with Gasteiger partial charge in [0.15, 0.2) is 0 Å². The number of anilines is 1. The van der Waals surface area contributed by atoms with E-state index in [0.29, 0.717) is 36.3 Å². The van der Waals surface area contributed by atoms with Gasteiger partial charge in [0.05, 0.1) is 22.2 Å². The van der Waals surface area contributed by atoms with E-state index >= 15 is 0 Å². The van der Waals surface area contributed by atoms with Gasteiger partial charge in [0.2, 0.25) is 15.9 Å². The average molecular weight is 400 g/mol. The van der Waals surface area contributed by atoms with E-state index in [9.17, 15) is 13.2 Å². The first-order valence-corrected chi connectivity index (χ1v) is 11.0. The summed E-state index contributed by atoms with van der Waals surface area (Å²) in [5.74, 6) is 0.536. The Morgan fingerprint density at radius 3 is 2.50 bits per heavy atom. The van der Waals surface area contributed by atoms with Crippen LogP contribution in [0.15, 0.2) is 23.1 Å². The second kappa shape index (κ2) is 8.25. The molecule has 6 nitrogen and oxygen atoms in total. The third kappa shape index (κ3) is 4.57. The zero-order valence-electron chi connectivity index (χ0n) is 15.1. The lowest BCUT2D eigenvalue weighted by Gasteiger charge is -2.29. The van der Waals surface area contributed by atoms with Gasteiger partial charge in [0.1, 0.15) is 0 Å². The van der Waals surface area contributed by atoms with Crippen LogP contribution < -0.4 is 5.32 Å². The highest BCUT2D eigenvalue weighted by Gasteiger charge is 2.28. The number of nitrogens with one attached hydrogen (secondary N) is 1. The third-order valence-electron chi connectivity index (χ3n) is 5.16. The Morgan fingerprint density at radius 2 is 1.85 bits per heavy atom. The predicted octanol–water partition coefficient (Wildman–Crippen LogP) is 2.79. The number of halogens is 1. The number of carbonyl (C=O) groups excluding carboxylic acids is 1. The van der Waals surface area contributed by atoms with Gasteiger partial charge in [-0.15, -0.1) is 0 Å². The maximum absolute atomic E-state index is 12.7. The summed E-state index contributed by atoms with van der Waals surface area (Å²) in [6.45, 7) is 5.42. The number of nitrogens with zero attached hydrogens (tertiary/aromatic N) is 2. The Balaban J connectivity index is 1.68. The fourth-order valence-corrected chi connectivity index (χ4v) is 5.16. The molecular formula is C18H26ClN3O3S. The number of hydrogen-bond acceptors (Lipinski definition) is 4. The number of amides is 1. The van der Waals surface area contributed by atoms with Crippen molar-refractivity contribution < 1.29 is 13.2 Å². The lowest BCUT2D eigenvalue weighted by atomic mass is 9.99. The molecule has 0 aromatic heterocycles. The molecule has 8 heteroatoms. The quantitative estimate of drug-likeness (QED) is 0.826. The van der Waals surface area contributed by atoms with Crippen LogP contribution >= 0.6 is 11.6 Å². The smallest absolute Gasteiger partial charge is 0.243 e. The summed E-state index contributed by atoms with van der Waals surface area (Å²) < 4.78 is 26.9. The third-order valence-corrected chi connectivity index (χ3v) is 7.38. The van der Waals surface area contributed by atoms with E-state index in [2.05, 4.69) is 17.1 Å². The molecule has 0 aliphatic carbocycles. The van der Waals surface area contributed by atoms with Crippen LogP contribution in [0.3, 0.4) is 0 Å². The number of sulfonamides is 1. The molecule has 0 saturated carbocycles. The zero-order valence-corrected chi connectivity index (χ0v) is 16.7. The van der Waals surface area contributed by atoms with E-state index < -0.39 is 10.0 Å². The Bertz CT molecular complexity index is 755. The minimum atomic E-state index is -3.53. The Labute approximate surface area is 160 Å². The Kier molecular flexibility index (Phi) is 6.22. The van der Waals surface area contributed by atoms with Crippen molar-refractivity contribution in [3.8, 4) is 0 Å². The SMILES string of the molecule is CC1CCN(CC(=O)Nc2cc(S(=O)(=O)N3CCCC3)ccc2Cl)CC1. The summed E-state index contributed by atoms with van der Waals surface area (Å²) in [6, 6.07) is 4.49. The molecule has 0 bridgehead atoms. The average Bonchev–Trinajstić information content (AvgIpc) is 3.14. The maximum Gasteiger partial charge on any atom is 0.243 e. The second-order valence-electron chi connectivity index (χ2n) is 7.26. The first-order chi connectivity index (χ1) is 12.4. The van der Waals surface area contributed by atoms with Crippen molar-refractivity contribution in [2.45, 2.75) is 37.5 Å². The molecular weight excluding hydrogens is 374 g/mol. The molecule has 1 aromatic rings. The fourth-order valence-electron chi connectivity index (χ4n) is 3.45. The topological polar surface area (TPSA) is 69.7 Å². The highest BCUT2D eigenvalue weighted by atomic mass is 35.5. The molecule has 0 atom stereocenters. The van der Waals surface area contributed by atoms with Crippen LogP contribution in [0, 0.1) is 5.92 Å². The number of piperidine rings is 1. The summed E-state index contributed by atoms with van der Waals surface area (Å²) >= 11 is 6.18. The zero-order chi connectivity index (χ0) is 18.7. The number of likely N-dealkylation sites (tertiary alicyclic amines) is 1. The van der Waals surface area contributed by atoms with E-state index in [0.717, 1.165) is 38.8 Å². The van der Waals surface area contributed by atoms with Crippen LogP contribution in [-0.2, 0) is 14.8 Å². The van der Waals surface area contributed by atoms with Crippen molar-refractivity contribution in [1.29, 1.82) is 0 Å².